The Kier molecular flexibility index (Phi) is 8.60. The SMILES string of the molecule is CC.CC(C)(C)OC(=O)N1CC(C#N)C(NC(=O)OCc2ccccc2)C1. The van der Waals surface area contributed by atoms with Crippen molar-refractivity contribution in [3.63, 3.8) is 0 Å². The Hall–Kier alpha value is -2.75. The van der Waals surface area contributed by atoms with Gasteiger partial charge < -0.3 is 19.7 Å². The molecule has 1 heterocycles. The van der Waals surface area contributed by atoms with Gasteiger partial charge in [-0.05, 0) is 26.3 Å². The van der Waals surface area contributed by atoms with Gasteiger partial charge in [-0.1, -0.05) is 44.2 Å². The molecule has 2 unspecified atom stereocenters. The van der Waals surface area contributed by atoms with Crippen LogP contribution in [0.2, 0.25) is 0 Å². The molecule has 1 saturated heterocycles. The first-order valence-electron chi connectivity index (χ1n) is 9.13. The van der Waals surface area contributed by atoms with E-state index in [-0.39, 0.29) is 19.7 Å². The van der Waals surface area contributed by atoms with Gasteiger partial charge in [-0.15, -0.1) is 0 Å². The second-order valence-electron chi connectivity index (χ2n) is 6.93. The number of nitrogens with one attached hydrogen (secondary N) is 1. The molecular formula is C20H29N3O4. The lowest BCUT2D eigenvalue weighted by Crippen LogP contribution is -2.41. The standard InChI is InChI=1S/C18H23N3O4.C2H6/c1-18(2,3)25-17(23)21-10-14(9-19)15(11-21)20-16(22)24-12-13-7-5-4-6-8-13;1-2/h4-8,14-15H,10-12H2,1-3H3,(H,20,22);1-2H3. The van der Waals surface area contributed by atoms with Crippen molar-refractivity contribution in [3.8, 4) is 6.07 Å². The van der Waals surface area contributed by atoms with E-state index in [1.165, 1.54) is 4.90 Å². The van der Waals surface area contributed by atoms with Gasteiger partial charge in [-0.25, -0.2) is 9.59 Å². The van der Waals surface area contributed by atoms with Gasteiger partial charge in [-0.2, -0.15) is 5.26 Å². The Morgan fingerprint density at radius 2 is 1.85 bits per heavy atom. The van der Waals surface area contributed by atoms with Gasteiger partial charge in [0.05, 0.1) is 18.0 Å². The molecule has 1 aromatic rings. The predicted molar refractivity (Wildman–Crippen MR) is 102 cm³/mol. The lowest BCUT2D eigenvalue weighted by atomic mass is 10.1. The number of carbonyl (C=O) groups excluding carboxylic acids is 2. The molecule has 0 spiro atoms. The fraction of sp³-hybridized carbons (Fsp3) is 0.550. The summed E-state index contributed by atoms with van der Waals surface area (Å²) in [5, 5.41) is 11.9. The molecule has 2 atom stereocenters. The molecule has 1 aromatic carbocycles. The summed E-state index contributed by atoms with van der Waals surface area (Å²) in [6.07, 6.45) is -1.10. The average Bonchev–Trinajstić information content (AvgIpc) is 3.04. The second kappa shape index (κ2) is 10.4. The summed E-state index contributed by atoms with van der Waals surface area (Å²) in [4.78, 5) is 25.5. The molecule has 27 heavy (non-hydrogen) atoms. The third kappa shape index (κ3) is 7.57. The van der Waals surface area contributed by atoms with Crippen LogP contribution in [-0.2, 0) is 16.1 Å². The summed E-state index contributed by atoms with van der Waals surface area (Å²) < 4.78 is 10.5. The predicted octanol–water partition coefficient (Wildman–Crippen LogP) is 3.70. The molecule has 7 heteroatoms. The first-order chi connectivity index (χ1) is 12.8. The number of ether oxygens (including phenoxy) is 2. The van der Waals surface area contributed by atoms with Crippen molar-refractivity contribution in [3.05, 3.63) is 35.9 Å². The average molecular weight is 375 g/mol. The Balaban J connectivity index is 0.00000176. The largest absolute Gasteiger partial charge is 0.445 e. The maximum absolute atomic E-state index is 12.1. The summed E-state index contributed by atoms with van der Waals surface area (Å²) in [6, 6.07) is 10.9. The number of hydrogen-bond donors (Lipinski definition) is 1. The van der Waals surface area contributed by atoms with Crippen molar-refractivity contribution in [2.24, 2.45) is 5.92 Å². The molecule has 0 aliphatic carbocycles. The van der Waals surface area contributed by atoms with Gasteiger partial charge in [0.25, 0.3) is 0 Å². The number of alkyl carbamates (subject to hydrolysis) is 1. The number of hydrogen-bond acceptors (Lipinski definition) is 5. The van der Waals surface area contributed by atoms with E-state index in [2.05, 4.69) is 11.4 Å². The van der Waals surface area contributed by atoms with Crippen molar-refractivity contribution in [2.45, 2.75) is 52.9 Å². The topological polar surface area (TPSA) is 91.7 Å². The highest BCUT2D eigenvalue weighted by atomic mass is 16.6. The minimum Gasteiger partial charge on any atom is -0.445 e. The summed E-state index contributed by atoms with van der Waals surface area (Å²) in [6.45, 7) is 9.91. The summed E-state index contributed by atoms with van der Waals surface area (Å²) in [5.41, 5.74) is 0.260. The maximum Gasteiger partial charge on any atom is 0.410 e. The minimum atomic E-state index is -0.612. The minimum absolute atomic E-state index is 0.145. The van der Waals surface area contributed by atoms with Crippen LogP contribution in [0.4, 0.5) is 9.59 Å². The molecule has 2 amide bonds. The third-order valence-corrected chi connectivity index (χ3v) is 3.65. The molecule has 7 nitrogen and oxygen atoms in total. The fourth-order valence-electron chi connectivity index (χ4n) is 2.47. The number of amides is 2. The van der Waals surface area contributed by atoms with Gasteiger partial charge in [0.2, 0.25) is 0 Å². The van der Waals surface area contributed by atoms with Crippen LogP contribution < -0.4 is 5.32 Å². The van der Waals surface area contributed by atoms with Gasteiger partial charge in [0.1, 0.15) is 12.2 Å². The van der Waals surface area contributed by atoms with Gasteiger partial charge in [0.15, 0.2) is 0 Å². The van der Waals surface area contributed by atoms with Crippen LogP contribution >= 0.6 is 0 Å². The van der Waals surface area contributed by atoms with Crippen LogP contribution in [0, 0.1) is 17.2 Å². The highest BCUT2D eigenvalue weighted by Gasteiger charge is 2.38. The lowest BCUT2D eigenvalue weighted by molar-refractivity contribution is 0.0287. The van der Waals surface area contributed by atoms with Crippen molar-refractivity contribution in [1.82, 2.24) is 10.2 Å². The van der Waals surface area contributed by atoms with E-state index in [4.69, 9.17) is 9.47 Å². The van der Waals surface area contributed by atoms with Crippen LogP contribution in [0.5, 0.6) is 0 Å². The van der Waals surface area contributed by atoms with E-state index in [1.54, 1.807) is 20.8 Å². The molecule has 0 radical (unpaired) electrons. The molecular weight excluding hydrogens is 346 g/mol. The molecule has 0 aromatic heterocycles. The molecule has 0 saturated carbocycles. The second-order valence-corrected chi connectivity index (χ2v) is 6.93. The summed E-state index contributed by atoms with van der Waals surface area (Å²) in [5.74, 6) is -0.503. The lowest BCUT2D eigenvalue weighted by Gasteiger charge is -2.24. The molecule has 148 valence electrons. The number of nitriles is 1. The van der Waals surface area contributed by atoms with Crippen LogP contribution in [-0.4, -0.2) is 41.8 Å². The van der Waals surface area contributed by atoms with Crippen LogP contribution in [0.3, 0.4) is 0 Å². The first-order valence-corrected chi connectivity index (χ1v) is 9.13. The number of rotatable bonds is 3. The molecule has 1 aliphatic heterocycles. The van der Waals surface area contributed by atoms with E-state index in [9.17, 15) is 14.9 Å². The smallest absolute Gasteiger partial charge is 0.410 e. The van der Waals surface area contributed by atoms with Crippen molar-refractivity contribution >= 4 is 12.2 Å². The molecule has 1 aliphatic rings. The monoisotopic (exact) mass is 375 g/mol. The first kappa shape index (κ1) is 22.3. The molecule has 2 rings (SSSR count). The van der Waals surface area contributed by atoms with Gasteiger partial charge in [-0.3, -0.25) is 0 Å². The van der Waals surface area contributed by atoms with Crippen molar-refractivity contribution < 1.29 is 19.1 Å². The number of carbonyl (C=O) groups is 2. The number of benzene rings is 1. The quantitative estimate of drug-likeness (QED) is 0.870. The fourth-order valence-corrected chi connectivity index (χ4v) is 2.47. The van der Waals surface area contributed by atoms with Crippen LogP contribution in [0.25, 0.3) is 0 Å². The Morgan fingerprint density at radius 3 is 2.41 bits per heavy atom. The van der Waals surface area contributed by atoms with Gasteiger partial charge in [0, 0.05) is 13.1 Å². The zero-order valence-electron chi connectivity index (χ0n) is 16.7. The zero-order valence-corrected chi connectivity index (χ0v) is 16.7. The molecule has 1 N–H and O–H groups in total. The van der Waals surface area contributed by atoms with Gasteiger partial charge >= 0.3 is 12.2 Å². The molecule has 1 fully saturated rings. The Morgan fingerprint density at radius 1 is 1.22 bits per heavy atom. The normalized spacial score (nSPS) is 18.6. The Labute approximate surface area is 161 Å². The number of nitrogens with zero attached hydrogens (tertiary/aromatic N) is 2. The maximum atomic E-state index is 12.1. The number of likely N-dealkylation sites (tertiary alicyclic amines) is 1. The van der Waals surface area contributed by atoms with E-state index in [0.29, 0.717) is 0 Å². The van der Waals surface area contributed by atoms with Crippen LogP contribution in [0.1, 0.15) is 40.2 Å². The third-order valence-electron chi connectivity index (χ3n) is 3.65. The van der Waals surface area contributed by atoms with E-state index in [1.807, 2.05) is 44.2 Å². The van der Waals surface area contributed by atoms with Crippen LogP contribution in [0.15, 0.2) is 30.3 Å². The Bertz CT molecular complexity index is 649. The summed E-state index contributed by atoms with van der Waals surface area (Å²) in [7, 11) is 0. The highest BCUT2D eigenvalue weighted by molar-refractivity contribution is 5.70. The highest BCUT2D eigenvalue weighted by Crippen LogP contribution is 2.20. The van der Waals surface area contributed by atoms with E-state index >= 15 is 0 Å². The van der Waals surface area contributed by atoms with E-state index < -0.39 is 29.7 Å². The van der Waals surface area contributed by atoms with Crippen molar-refractivity contribution in [1.29, 1.82) is 5.26 Å². The summed E-state index contributed by atoms with van der Waals surface area (Å²) >= 11 is 0. The molecule has 0 bridgehead atoms. The van der Waals surface area contributed by atoms with Crippen molar-refractivity contribution in [2.75, 3.05) is 13.1 Å². The van der Waals surface area contributed by atoms with E-state index in [0.717, 1.165) is 5.56 Å². The zero-order chi connectivity index (χ0) is 20.4.